The van der Waals surface area contributed by atoms with E-state index in [0.29, 0.717) is 19.8 Å². The fraction of sp³-hybridized carbons (Fsp3) is 1.00. The summed E-state index contributed by atoms with van der Waals surface area (Å²) in [7, 11) is -4.37. The minimum Gasteiger partial charge on any atom is -0.410 e. The van der Waals surface area contributed by atoms with Gasteiger partial charge in [-0.25, -0.2) is 0 Å². The van der Waals surface area contributed by atoms with Gasteiger partial charge in [0, 0.05) is 19.8 Å². The van der Waals surface area contributed by atoms with E-state index in [0.717, 1.165) is 6.42 Å². The predicted octanol–water partition coefficient (Wildman–Crippen LogP) is 3.20. The van der Waals surface area contributed by atoms with Gasteiger partial charge in [-0.05, 0) is 46.8 Å². The van der Waals surface area contributed by atoms with Crippen LogP contribution in [0, 0.1) is 0 Å². The third-order valence-corrected chi connectivity index (χ3v) is 6.91. The Morgan fingerprint density at radius 1 is 0.778 bits per heavy atom. The Hall–Kier alpha value is 0.274. The van der Waals surface area contributed by atoms with E-state index in [9.17, 15) is 0 Å². The smallest absolute Gasteiger partial charge is 0.410 e. The van der Waals surface area contributed by atoms with Gasteiger partial charge in [-0.2, -0.15) is 0 Å². The Morgan fingerprint density at radius 2 is 1.17 bits per heavy atom. The lowest BCUT2D eigenvalue weighted by Crippen LogP contribution is -2.59. The highest BCUT2D eigenvalue weighted by Crippen LogP contribution is 2.23. The number of hydrogen-bond acceptors (Lipinski definition) is 4. The third-order valence-electron chi connectivity index (χ3n) is 2.30. The van der Waals surface area contributed by atoms with Crippen LogP contribution >= 0.6 is 0 Å². The fourth-order valence-electron chi connectivity index (χ4n) is 1.84. The van der Waals surface area contributed by atoms with E-state index in [1.807, 2.05) is 20.8 Å². The molecule has 0 aromatic rings. The molecule has 0 aliphatic heterocycles. The Morgan fingerprint density at radius 3 is 1.39 bits per heavy atom. The van der Waals surface area contributed by atoms with Crippen LogP contribution in [0.2, 0.25) is 19.6 Å². The zero-order chi connectivity index (χ0) is 14.2. The predicted molar refractivity (Wildman–Crippen MR) is 79.1 cm³/mol. The number of rotatable bonds is 10. The van der Waals surface area contributed by atoms with Crippen LogP contribution in [-0.2, 0) is 17.7 Å². The lowest BCUT2D eigenvalue weighted by Gasteiger charge is -2.37. The summed E-state index contributed by atoms with van der Waals surface area (Å²) in [5, 5.41) is 0. The van der Waals surface area contributed by atoms with Crippen LogP contribution in [0.1, 0.15) is 34.1 Å². The van der Waals surface area contributed by atoms with Crippen molar-refractivity contribution in [2.45, 2.75) is 59.5 Å². The van der Waals surface area contributed by atoms with Gasteiger partial charge in [-0.15, -0.1) is 0 Å². The molecule has 0 aromatic carbocycles. The van der Waals surface area contributed by atoms with Gasteiger partial charge >= 0.3 is 8.80 Å². The normalized spacial score (nSPS) is 14.8. The van der Waals surface area contributed by atoms with Crippen molar-refractivity contribution in [1.82, 2.24) is 0 Å². The Balaban J connectivity index is 5.06. The molecule has 0 spiro atoms. The summed E-state index contributed by atoms with van der Waals surface area (Å²) in [5.41, 5.74) is -0.0518. The molecule has 18 heavy (non-hydrogen) atoms. The van der Waals surface area contributed by atoms with Crippen LogP contribution in [-0.4, -0.2) is 42.7 Å². The van der Waals surface area contributed by atoms with E-state index >= 15 is 0 Å². The highest BCUT2D eigenvalue weighted by molar-refractivity contribution is 6.71. The quantitative estimate of drug-likeness (QED) is 0.580. The van der Waals surface area contributed by atoms with Crippen molar-refractivity contribution >= 4 is 17.1 Å². The molecule has 0 aliphatic carbocycles. The summed E-state index contributed by atoms with van der Waals surface area (Å²) >= 11 is 0. The topological polar surface area (TPSA) is 36.9 Å². The molecule has 0 radical (unpaired) electrons. The first-order valence-corrected chi connectivity index (χ1v) is 12.2. The molecule has 6 heteroatoms. The van der Waals surface area contributed by atoms with Crippen LogP contribution in [0.15, 0.2) is 0 Å². The monoisotopic (exact) mass is 294 g/mol. The highest BCUT2D eigenvalue weighted by atomic mass is 28.4. The maximum Gasteiger partial charge on any atom is 0.530 e. The van der Waals surface area contributed by atoms with Crippen molar-refractivity contribution in [1.29, 1.82) is 0 Å². The molecule has 4 nitrogen and oxygen atoms in total. The minimum atomic E-state index is -2.72. The molecule has 0 heterocycles. The van der Waals surface area contributed by atoms with Gasteiger partial charge in [0.15, 0.2) is 8.32 Å². The van der Waals surface area contributed by atoms with Crippen LogP contribution in [0.5, 0.6) is 0 Å². The second-order valence-corrected chi connectivity index (χ2v) is 12.2. The SMILES string of the molecule is CCO[Si](OCC)(OCC)C(CC)O[Si](C)(C)C. The molecule has 0 N–H and O–H groups in total. The van der Waals surface area contributed by atoms with Gasteiger partial charge in [-0.1, -0.05) is 6.92 Å². The van der Waals surface area contributed by atoms with Crippen molar-refractivity contribution in [3.63, 3.8) is 0 Å². The fourth-order valence-corrected chi connectivity index (χ4v) is 7.01. The van der Waals surface area contributed by atoms with Gasteiger partial charge in [0.2, 0.25) is 0 Å². The van der Waals surface area contributed by atoms with Crippen molar-refractivity contribution in [2.24, 2.45) is 0 Å². The van der Waals surface area contributed by atoms with E-state index in [1.54, 1.807) is 0 Å². The van der Waals surface area contributed by atoms with Gasteiger partial charge in [0.1, 0.15) is 5.73 Å². The van der Waals surface area contributed by atoms with Crippen LogP contribution in [0.25, 0.3) is 0 Å². The summed E-state index contributed by atoms with van der Waals surface area (Å²) in [5.74, 6) is 0. The Labute approximate surface area is 114 Å². The average molecular weight is 295 g/mol. The first kappa shape index (κ1) is 18.3. The van der Waals surface area contributed by atoms with E-state index in [2.05, 4.69) is 26.6 Å². The Bertz CT molecular complexity index is 202. The zero-order valence-corrected chi connectivity index (χ0v) is 15.0. The zero-order valence-electron chi connectivity index (χ0n) is 13.0. The Kier molecular flexibility index (Phi) is 8.57. The molecule has 110 valence electrons. The second kappa shape index (κ2) is 8.45. The first-order valence-electron chi connectivity index (χ1n) is 6.94. The maximum atomic E-state index is 6.24. The second-order valence-electron chi connectivity index (χ2n) is 5.03. The molecule has 0 aliphatic rings. The molecule has 0 aromatic heterocycles. The lowest BCUT2D eigenvalue weighted by molar-refractivity contribution is 0.0263. The van der Waals surface area contributed by atoms with Gasteiger partial charge in [-0.3, -0.25) is 0 Å². The average Bonchev–Trinajstić information content (AvgIpc) is 2.25. The summed E-state index contributed by atoms with van der Waals surface area (Å²) in [6.45, 7) is 16.3. The van der Waals surface area contributed by atoms with Gasteiger partial charge in [0.25, 0.3) is 0 Å². The molecule has 1 unspecified atom stereocenters. The molecule has 1 atom stereocenters. The number of hydrogen-bond donors (Lipinski definition) is 0. The molecular weight excluding hydrogens is 264 g/mol. The molecule has 0 fully saturated rings. The largest absolute Gasteiger partial charge is 0.530 e. The molecule has 0 rings (SSSR count). The van der Waals surface area contributed by atoms with Crippen molar-refractivity contribution < 1.29 is 17.7 Å². The van der Waals surface area contributed by atoms with E-state index in [-0.39, 0.29) is 5.73 Å². The van der Waals surface area contributed by atoms with Crippen molar-refractivity contribution in [3.8, 4) is 0 Å². The minimum absolute atomic E-state index is 0.0518. The van der Waals surface area contributed by atoms with E-state index < -0.39 is 17.1 Å². The molecule has 0 saturated heterocycles. The van der Waals surface area contributed by atoms with E-state index in [1.165, 1.54) is 0 Å². The summed E-state index contributed by atoms with van der Waals surface area (Å²) < 4.78 is 23.9. The molecule has 0 amide bonds. The van der Waals surface area contributed by atoms with Gasteiger partial charge in [0.05, 0.1) is 0 Å². The summed E-state index contributed by atoms with van der Waals surface area (Å²) in [6.07, 6.45) is 0.858. The third kappa shape index (κ3) is 5.94. The molecule has 0 bridgehead atoms. The van der Waals surface area contributed by atoms with Crippen molar-refractivity contribution in [3.05, 3.63) is 0 Å². The molecular formula is C12H30O4Si2. The lowest BCUT2D eigenvalue weighted by atomic mass is 10.5. The summed E-state index contributed by atoms with van der Waals surface area (Å²) in [6, 6.07) is 0. The van der Waals surface area contributed by atoms with Crippen molar-refractivity contribution in [2.75, 3.05) is 19.8 Å². The van der Waals surface area contributed by atoms with Crippen LogP contribution < -0.4 is 0 Å². The van der Waals surface area contributed by atoms with Gasteiger partial charge < -0.3 is 17.7 Å². The standard InChI is InChI=1S/C12H30O4Si2/c1-8-12(16-17(5,6)7)18(13-9-2,14-10-3)15-11-4/h12H,8-11H2,1-7H3. The van der Waals surface area contributed by atoms with Crippen LogP contribution in [0.3, 0.4) is 0 Å². The van der Waals surface area contributed by atoms with E-state index in [4.69, 9.17) is 17.7 Å². The highest BCUT2D eigenvalue weighted by Gasteiger charge is 2.50. The first-order chi connectivity index (χ1) is 8.35. The summed E-state index contributed by atoms with van der Waals surface area (Å²) in [4.78, 5) is 0. The maximum absolute atomic E-state index is 6.24. The molecule has 0 saturated carbocycles. The van der Waals surface area contributed by atoms with Crippen LogP contribution in [0.4, 0.5) is 0 Å².